The number of allylic oxidation sites excluding steroid dienone is 2. The van der Waals surface area contributed by atoms with Crippen LogP contribution in [0.1, 0.15) is 52.3 Å². The van der Waals surface area contributed by atoms with Gasteiger partial charge in [-0.25, -0.2) is 4.98 Å². The van der Waals surface area contributed by atoms with Gasteiger partial charge in [-0.3, -0.25) is 14.5 Å². The molecule has 10 nitrogen and oxygen atoms in total. The maximum absolute atomic E-state index is 6.68. The van der Waals surface area contributed by atoms with E-state index in [1.807, 2.05) is 60.7 Å². The molecule has 108 heavy (non-hydrogen) atoms. The molecule has 2 aliphatic carbocycles. The fourth-order valence-electron chi connectivity index (χ4n) is 17.5. The fraction of sp³-hybridized carbons (Fsp3) is 0.0612. The van der Waals surface area contributed by atoms with Crippen LogP contribution in [0.25, 0.3) is 150 Å². The number of aliphatic imine (C=N–C) groups is 1. The lowest BCUT2D eigenvalue weighted by Crippen LogP contribution is -2.33. The predicted octanol–water partition coefficient (Wildman–Crippen LogP) is 23.9. The maximum Gasteiger partial charge on any atom is 0.249 e. The van der Waals surface area contributed by atoms with Gasteiger partial charge in [-0.1, -0.05) is 266 Å². The second-order valence-corrected chi connectivity index (χ2v) is 28.8. The number of amidine groups is 1. The lowest BCUT2D eigenvalue weighted by atomic mass is 9.67. The Morgan fingerprint density at radius 2 is 0.796 bits per heavy atom. The second-order valence-electron chi connectivity index (χ2n) is 28.8. The van der Waals surface area contributed by atoms with E-state index in [1.54, 1.807) is 0 Å². The van der Waals surface area contributed by atoms with Crippen LogP contribution < -0.4 is 4.90 Å². The molecule has 18 aromatic rings. The molecule has 3 aromatic heterocycles. The third-order valence-corrected chi connectivity index (χ3v) is 22.4. The van der Waals surface area contributed by atoms with Crippen molar-refractivity contribution < 1.29 is 8.83 Å². The van der Waals surface area contributed by atoms with Gasteiger partial charge in [0.2, 0.25) is 23.6 Å². The summed E-state index contributed by atoms with van der Waals surface area (Å²) < 4.78 is 15.7. The molecule has 1 aliphatic heterocycles. The average Bonchev–Trinajstić information content (AvgIpc) is 1.52. The molecule has 0 N–H and O–H groups in total. The number of fused-ring (bicyclic) bond motifs is 9. The first-order chi connectivity index (χ1) is 53.2. The SMILES string of the molecule is Cc1ccc2c(-c3ccc(C4(c5ccc(-c6c7ccccc7c(-c7nnc(-c8ccccc8)o7)c7cc(C)ccc67)cc5)c5cc(C6=NC7(C)CC=CC=C7N6c6ccccc6)ccc5-c5ccc(-c6nc7ccccc7n6-c6ccccc6)cc54)cc3)c3ccccc3c(-c3nnc(-c4ccccc4)o3)c2c1. The highest BCUT2D eigenvalue weighted by Gasteiger charge is 2.49. The van der Waals surface area contributed by atoms with Gasteiger partial charge in [0.1, 0.15) is 17.2 Å². The summed E-state index contributed by atoms with van der Waals surface area (Å²) in [5.74, 6) is 3.64. The normalized spacial score (nSPS) is 14.9. The van der Waals surface area contributed by atoms with E-state index in [9.17, 15) is 0 Å². The Hall–Kier alpha value is -14.0. The van der Waals surface area contributed by atoms with Gasteiger partial charge in [0.25, 0.3) is 0 Å². The van der Waals surface area contributed by atoms with E-state index >= 15 is 0 Å². The van der Waals surface area contributed by atoms with Crippen molar-refractivity contribution in [2.45, 2.75) is 38.1 Å². The molecule has 0 fully saturated rings. The van der Waals surface area contributed by atoms with Crippen molar-refractivity contribution in [1.82, 2.24) is 29.9 Å². The van der Waals surface area contributed by atoms with Gasteiger partial charge >= 0.3 is 0 Å². The van der Waals surface area contributed by atoms with Gasteiger partial charge < -0.3 is 8.83 Å². The molecule has 0 saturated heterocycles. The highest BCUT2D eigenvalue weighted by molar-refractivity contribution is 6.22. The van der Waals surface area contributed by atoms with Gasteiger partial charge in [0.15, 0.2) is 0 Å². The van der Waals surface area contributed by atoms with Gasteiger partial charge in [-0.15, -0.1) is 20.4 Å². The molecule has 0 saturated carbocycles. The second kappa shape index (κ2) is 24.6. The fourth-order valence-corrected chi connectivity index (χ4v) is 17.5. The van der Waals surface area contributed by atoms with Gasteiger partial charge in [0, 0.05) is 33.6 Å². The van der Waals surface area contributed by atoms with E-state index in [-0.39, 0.29) is 0 Å². The minimum atomic E-state index is -0.982. The first-order valence-electron chi connectivity index (χ1n) is 36.8. The van der Waals surface area contributed by atoms with Crippen molar-refractivity contribution in [3.05, 3.63) is 378 Å². The van der Waals surface area contributed by atoms with Crippen molar-refractivity contribution >= 4 is 65.6 Å². The van der Waals surface area contributed by atoms with E-state index < -0.39 is 11.0 Å². The number of aromatic nitrogens is 6. The topological polar surface area (TPSA) is 111 Å². The van der Waals surface area contributed by atoms with E-state index in [1.165, 1.54) is 0 Å². The molecule has 10 heteroatoms. The highest BCUT2D eigenvalue weighted by atomic mass is 16.4. The zero-order chi connectivity index (χ0) is 71.8. The summed E-state index contributed by atoms with van der Waals surface area (Å²) in [5.41, 5.74) is 22.6. The van der Waals surface area contributed by atoms with Crippen LogP contribution in [0.15, 0.2) is 353 Å². The number of hydrogen-bond acceptors (Lipinski definition) is 9. The molecular weight excluding hydrogens is 1320 g/mol. The van der Waals surface area contributed by atoms with Gasteiger partial charge in [-0.05, 0) is 205 Å². The van der Waals surface area contributed by atoms with Crippen LogP contribution in [0.4, 0.5) is 5.69 Å². The largest absolute Gasteiger partial charge is 0.416 e. The monoisotopic (exact) mass is 1390 g/mol. The third kappa shape index (κ3) is 9.73. The number of benzene rings is 15. The van der Waals surface area contributed by atoms with Crippen LogP contribution in [-0.4, -0.2) is 41.3 Å². The molecule has 15 aromatic carbocycles. The molecular formula is C98H66N8O2. The van der Waals surface area contributed by atoms with E-state index in [4.69, 9.17) is 29.0 Å². The highest BCUT2D eigenvalue weighted by Crippen LogP contribution is 2.59. The number of para-hydroxylation sites is 4. The summed E-state index contributed by atoms with van der Waals surface area (Å²) in [5, 5.41) is 27.2. The summed E-state index contributed by atoms with van der Waals surface area (Å²) in [7, 11) is 0. The molecule has 1 unspecified atom stereocenters. The first-order valence-corrected chi connectivity index (χ1v) is 36.8. The Balaban J connectivity index is 0.820. The number of hydrogen-bond donors (Lipinski definition) is 0. The number of rotatable bonds is 12. The zero-order valence-corrected chi connectivity index (χ0v) is 59.4. The van der Waals surface area contributed by atoms with Gasteiger partial charge in [0.05, 0.1) is 33.3 Å². The third-order valence-electron chi connectivity index (χ3n) is 22.4. The molecule has 0 amide bonds. The smallest absolute Gasteiger partial charge is 0.249 e. The van der Waals surface area contributed by atoms with Gasteiger partial charge in [-0.2, -0.15) is 0 Å². The predicted molar refractivity (Wildman–Crippen MR) is 437 cm³/mol. The van der Waals surface area contributed by atoms with Crippen molar-refractivity contribution in [2.24, 2.45) is 4.99 Å². The molecule has 0 bridgehead atoms. The molecule has 510 valence electrons. The van der Waals surface area contributed by atoms with Crippen LogP contribution in [0.2, 0.25) is 0 Å². The number of aryl methyl sites for hydroxylation is 2. The number of nitrogens with zero attached hydrogens (tertiary/aromatic N) is 8. The number of anilines is 1. The first kappa shape index (κ1) is 62.6. The Bertz CT molecular complexity index is 6540. The maximum atomic E-state index is 6.68. The summed E-state index contributed by atoms with van der Waals surface area (Å²) in [6.45, 7) is 6.57. The van der Waals surface area contributed by atoms with Crippen LogP contribution >= 0.6 is 0 Å². The molecule has 1 atom stereocenters. The van der Waals surface area contributed by atoms with E-state index in [0.29, 0.717) is 23.6 Å². The van der Waals surface area contributed by atoms with Crippen LogP contribution in [0.3, 0.4) is 0 Å². The van der Waals surface area contributed by atoms with Crippen molar-refractivity contribution in [3.63, 3.8) is 0 Å². The average molecular weight is 1390 g/mol. The Kier molecular flexibility index (Phi) is 14.3. The van der Waals surface area contributed by atoms with Crippen molar-refractivity contribution in [2.75, 3.05) is 4.90 Å². The molecule has 21 rings (SSSR count). The lowest BCUT2D eigenvalue weighted by molar-refractivity contribution is 0.571. The molecule has 4 heterocycles. The quantitative estimate of drug-likeness (QED) is 0.111. The molecule has 0 spiro atoms. The van der Waals surface area contributed by atoms with Crippen LogP contribution in [0, 0.1) is 13.8 Å². The minimum absolute atomic E-state index is 0.471. The van der Waals surface area contributed by atoms with E-state index in [0.717, 1.165) is 189 Å². The number of imidazole rings is 1. The Morgan fingerprint density at radius 1 is 0.361 bits per heavy atom. The van der Waals surface area contributed by atoms with E-state index in [2.05, 4.69) is 313 Å². The van der Waals surface area contributed by atoms with Crippen LogP contribution in [0.5, 0.6) is 0 Å². The summed E-state index contributed by atoms with van der Waals surface area (Å²) in [6.07, 6.45) is 7.45. The Labute approximate surface area is 623 Å². The lowest BCUT2D eigenvalue weighted by Gasteiger charge is -2.35. The summed E-state index contributed by atoms with van der Waals surface area (Å²) in [6, 6.07) is 114. The summed E-state index contributed by atoms with van der Waals surface area (Å²) in [4.78, 5) is 13.8. The standard InChI is InChI=1S/C98H66N8O2/c1-60-39-51-78-80(56-60)89(95-103-101-93(107-95)64-24-8-4-9-25-64)76-34-18-16-32-74(76)87(78)62-41-47-68(48-42-62)98(69-49-43-63(44-50-69)88-75-33-17-19-35-77(75)90(81-57-61(2)40-52-79(81)88)96-104-102-94(108-96)65-26-10-5-11-27-65)82-58-66(91-99-84-36-20-21-37-85(84)105(91)70-28-12-6-13-29-70)45-53-72(82)73-54-46-67(59-83(73)98)92-100-97(3)55-23-22-38-86(97)106(92)71-30-14-7-15-31-71/h4-54,56-59H,55H2,1-3H3. The van der Waals surface area contributed by atoms with Crippen molar-refractivity contribution in [3.8, 4) is 96.3 Å². The van der Waals surface area contributed by atoms with Crippen LogP contribution in [-0.2, 0) is 5.41 Å². The molecule has 0 radical (unpaired) electrons. The minimum Gasteiger partial charge on any atom is -0.416 e. The summed E-state index contributed by atoms with van der Waals surface area (Å²) >= 11 is 0. The molecule has 3 aliphatic rings. The Morgan fingerprint density at radius 3 is 1.33 bits per heavy atom. The van der Waals surface area contributed by atoms with Crippen molar-refractivity contribution in [1.29, 1.82) is 0 Å². The zero-order valence-electron chi connectivity index (χ0n) is 59.4.